The summed E-state index contributed by atoms with van der Waals surface area (Å²) in [4.78, 5) is 2.33. The third-order valence-corrected chi connectivity index (χ3v) is 3.85. The summed E-state index contributed by atoms with van der Waals surface area (Å²) in [6.45, 7) is 3.33. The SMILES string of the molecule is C/C(=C/c1ccccc1)c1ccc2c(c1)CCN2C. The molecule has 3 rings (SSSR count). The fourth-order valence-electron chi connectivity index (χ4n) is 2.69. The number of benzene rings is 2. The summed E-state index contributed by atoms with van der Waals surface area (Å²) in [6, 6.07) is 17.3. The van der Waals surface area contributed by atoms with Crippen molar-refractivity contribution in [3.05, 3.63) is 65.2 Å². The highest BCUT2D eigenvalue weighted by Gasteiger charge is 2.15. The third kappa shape index (κ3) is 2.41. The second-order valence-corrected chi connectivity index (χ2v) is 5.25. The first-order valence-corrected chi connectivity index (χ1v) is 6.82. The van der Waals surface area contributed by atoms with E-state index in [2.05, 4.69) is 73.5 Å². The van der Waals surface area contributed by atoms with Crippen molar-refractivity contribution in [1.29, 1.82) is 0 Å². The van der Waals surface area contributed by atoms with Crippen LogP contribution in [-0.2, 0) is 6.42 Å². The van der Waals surface area contributed by atoms with Crippen molar-refractivity contribution < 1.29 is 0 Å². The van der Waals surface area contributed by atoms with Gasteiger partial charge in [0.05, 0.1) is 0 Å². The summed E-state index contributed by atoms with van der Waals surface area (Å²) in [5, 5.41) is 0. The van der Waals surface area contributed by atoms with Crippen LogP contribution in [0.2, 0.25) is 0 Å². The second-order valence-electron chi connectivity index (χ2n) is 5.25. The fourth-order valence-corrected chi connectivity index (χ4v) is 2.69. The molecule has 0 aromatic heterocycles. The minimum atomic E-state index is 1.14. The molecule has 0 atom stereocenters. The molecule has 0 radical (unpaired) electrons. The summed E-state index contributed by atoms with van der Waals surface area (Å²) in [7, 11) is 2.16. The van der Waals surface area contributed by atoms with Crippen LogP contribution in [0.4, 0.5) is 5.69 Å². The van der Waals surface area contributed by atoms with Gasteiger partial charge in [-0.2, -0.15) is 0 Å². The van der Waals surface area contributed by atoms with Crippen LogP contribution in [0, 0.1) is 0 Å². The molecule has 0 spiro atoms. The number of likely N-dealkylation sites (N-methyl/N-ethyl adjacent to an activating group) is 1. The van der Waals surface area contributed by atoms with Crippen LogP contribution in [0.25, 0.3) is 11.6 Å². The van der Waals surface area contributed by atoms with Gasteiger partial charge in [0.1, 0.15) is 0 Å². The maximum atomic E-state index is 2.34. The molecular formula is C18H19N. The van der Waals surface area contributed by atoms with Crippen LogP contribution < -0.4 is 4.90 Å². The Labute approximate surface area is 115 Å². The normalized spacial score (nSPS) is 14.6. The highest BCUT2D eigenvalue weighted by atomic mass is 15.1. The lowest BCUT2D eigenvalue weighted by molar-refractivity contribution is 0.956. The van der Waals surface area contributed by atoms with Gasteiger partial charge in [0, 0.05) is 19.3 Å². The lowest BCUT2D eigenvalue weighted by Crippen LogP contribution is -2.12. The smallest absolute Gasteiger partial charge is 0.0397 e. The van der Waals surface area contributed by atoms with Crippen molar-refractivity contribution >= 4 is 17.3 Å². The zero-order valence-corrected chi connectivity index (χ0v) is 11.6. The zero-order valence-electron chi connectivity index (χ0n) is 11.6. The number of rotatable bonds is 2. The van der Waals surface area contributed by atoms with Crippen molar-refractivity contribution in [1.82, 2.24) is 0 Å². The number of allylic oxidation sites excluding steroid dienone is 1. The Morgan fingerprint density at radius 1 is 1.11 bits per heavy atom. The van der Waals surface area contributed by atoms with Crippen molar-refractivity contribution in [2.75, 3.05) is 18.5 Å². The minimum Gasteiger partial charge on any atom is -0.374 e. The molecule has 1 aliphatic heterocycles. The molecule has 0 fully saturated rings. The average molecular weight is 249 g/mol. The van der Waals surface area contributed by atoms with E-state index in [-0.39, 0.29) is 0 Å². The van der Waals surface area contributed by atoms with Crippen molar-refractivity contribution in [3.63, 3.8) is 0 Å². The number of hydrogen-bond donors (Lipinski definition) is 0. The zero-order chi connectivity index (χ0) is 13.2. The topological polar surface area (TPSA) is 3.24 Å². The molecule has 1 heterocycles. The van der Waals surface area contributed by atoms with Crippen molar-refractivity contribution in [3.8, 4) is 0 Å². The maximum absolute atomic E-state index is 2.34. The highest BCUT2D eigenvalue weighted by molar-refractivity contribution is 5.81. The first kappa shape index (κ1) is 12.0. The van der Waals surface area contributed by atoms with Gasteiger partial charge in [0.2, 0.25) is 0 Å². The Morgan fingerprint density at radius 3 is 2.68 bits per heavy atom. The molecule has 1 nitrogen and oxygen atoms in total. The Kier molecular flexibility index (Phi) is 3.12. The van der Waals surface area contributed by atoms with Crippen molar-refractivity contribution in [2.45, 2.75) is 13.3 Å². The van der Waals surface area contributed by atoms with E-state index in [1.54, 1.807) is 0 Å². The fraction of sp³-hybridized carbons (Fsp3) is 0.222. The minimum absolute atomic E-state index is 1.14. The first-order chi connectivity index (χ1) is 9.24. The van der Waals surface area contributed by atoms with E-state index in [4.69, 9.17) is 0 Å². The molecule has 1 heteroatoms. The maximum Gasteiger partial charge on any atom is 0.0397 e. The summed E-state index contributed by atoms with van der Waals surface area (Å²) in [5.74, 6) is 0. The van der Waals surface area contributed by atoms with Gasteiger partial charge in [-0.25, -0.2) is 0 Å². The van der Waals surface area contributed by atoms with Crippen LogP contribution >= 0.6 is 0 Å². The van der Waals surface area contributed by atoms with Gasteiger partial charge in [-0.15, -0.1) is 0 Å². The molecule has 0 amide bonds. The standard InChI is InChI=1S/C18H19N/c1-14(12-15-6-4-3-5-7-15)16-8-9-18-17(13-16)10-11-19(18)2/h3-9,12-13H,10-11H2,1-2H3/b14-12-. The Bertz CT molecular complexity index is 611. The number of nitrogens with zero attached hydrogens (tertiary/aromatic N) is 1. The van der Waals surface area contributed by atoms with E-state index in [9.17, 15) is 0 Å². The molecular weight excluding hydrogens is 230 g/mol. The summed E-state index contributed by atoms with van der Waals surface area (Å²) >= 11 is 0. The van der Waals surface area contributed by atoms with E-state index < -0.39 is 0 Å². The predicted molar refractivity (Wildman–Crippen MR) is 83.4 cm³/mol. The van der Waals surface area contributed by atoms with Crippen LogP contribution in [0.15, 0.2) is 48.5 Å². The molecule has 96 valence electrons. The molecule has 2 aromatic carbocycles. The number of fused-ring (bicyclic) bond motifs is 1. The van der Waals surface area contributed by atoms with E-state index in [1.807, 2.05) is 0 Å². The van der Waals surface area contributed by atoms with Gasteiger partial charge < -0.3 is 4.90 Å². The van der Waals surface area contributed by atoms with E-state index in [1.165, 1.54) is 28.0 Å². The Balaban J connectivity index is 1.93. The monoisotopic (exact) mass is 249 g/mol. The Morgan fingerprint density at radius 2 is 1.89 bits per heavy atom. The third-order valence-electron chi connectivity index (χ3n) is 3.85. The molecule has 0 unspecified atom stereocenters. The van der Waals surface area contributed by atoms with Crippen LogP contribution in [-0.4, -0.2) is 13.6 Å². The van der Waals surface area contributed by atoms with E-state index >= 15 is 0 Å². The molecule has 0 saturated carbocycles. The van der Waals surface area contributed by atoms with Gasteiger partial charge in [0.25, 0.3) is 0 Å². The Hall–Kier alpha value is -2.02. The predicted octanol–water partition coefficient (Wildman–Crippen LogP) is 4.24. The van der Waals surface area contributed by atoms with Crippen LogP contribution in [0.1, 0.15) is 23.6 Å². The number of anilines is 1. The van der Waals surface area contributed by atoms with Crippen molar-refractivity contribution in [2.24, 2.45) is 0 Å². The van der Waals surface area contributed by atoms with Crippen LogP contribution in [0.5, 0.6) is 0 Å². The summed E-state index contributed by atoms with van der Waals surface area (Å²) in [6.07, 6.45) is 3.42. The molecule has 19 heavy (non-hydrogen) atoms. The second kappa shape index (κ2) is 4.93. The van der Waals surface area contributed by atoms with Gasteiger partial charge >= 0.3 is 0 Å². The summed E-state index contributed by atoms with van der Waals surface area (Å²) < 4.78 is 0. The van der Waals surface area contributed by atoms with Gasteiger partial charge in [0.15, 0.2) is 0 Å². The van der Waals surface area contributed by atoms with Gasteiger partial charge in [-0.1, -0.05) is 42.5 Å². The lowest BCUT2D eigenvalue weighted by atomic mass is 10.0. The quantitative estimate of drug-likeness (QED) is 0.720. The molecule has 0 bridgehead atoms. The van der Waals surface area contributed by atoms with E-state index in [0.717, 1.165) is 13.0 Å². The summed E-state index contributed by atoms with van der Waals surface area (Å²) in [5.41, 5.74) is 6.77. The number of hydrogen-bond acceptors (Lipinski definition) is 1. The average Bonchev–Trinajstić information content (AvgIpc) is 2.81. The van der Waals surface area contributed by atoms with Crippen LogP contribution in [0.3, 0.4) is 0 Å². The van der Waals surface area contributed by atoms with Gasteiger partial charge in [-0.3, -0.25) is 0 Å². The molecule has 1 aliphatic rings. The highest BCUT2D eigenvalue weighted by Crippen LogP contribution is 2.30. The molecule has 0 N–H and O–H groups in total. The molecule has 0 saturated heterocycles. The molecule has 0 aliphatic carbocycles. The lowest BCUT2D eigenvalue weighted by Gasteiger charge is -2.12. The van der Waals surface area contributed by atoms with Gasteiger partial charge in [-0.05, 0) is 47.7 Å². The first-order valence-electron chi connectivity index (χ1n) is 6.82. The molecule has 2 aromatic rings. The largest absolute Gasteiger partial charge is 0.374 e. The van der Waals surface area contributed by atoms with E-state index in [0.29, 0.717) is 0 Å².